The van der Waals surface area contributed by atoms with Crippen LogP contribution in [0.3, 0.4) is 0 Å². The van der Waals surface area contributed by atoms with Crippen molar-refractivity contribution in [2.24, 2.45) is 0 Å². The third-order valence-corrected chi connectivity index (χ3v) is 6.36. The SMILES string of the molecule is O=C(NC1CC1)[C@@H](Sc1nnc(-c2ccccc2)n1-c1ccccc1)c1ccccc1. The quantitative estimate of drug-likeness (QED) is 0.420. The molecule has 0 bridgehead atoms. The second kappa shape index (κ2) is 8.78. The Kier molecular flexibility index (Phi) is 5.54. The van der Waals surface area contributed by atoms with E-state index in [1.165, 1.54) is 11.8 Å². The molecule has 1 fully saturated rings. The minimum Gasteiger partial charge on any atom is -0.352 e. The minimum absolute atomic E-state index is 0.0163. The highest BCUT2D eigenvalue weighted by molar-refractivity contribution is 8.00. The Bertz CT molecular complexity index is 1160. The molecule has 1 aliphatic carbocycles. The van der Waals surface area contributed by atoms with Crippen LogP contribution in [0.15, 0.2) is 96.2 Å². The van der Waals surface area contributed by atoms with Crippen molar-refractivity contribution >= 4 is 17.7 Å². The number of amides is 1. The van der Waals surface area contributed by atoms with Gasteiger partial charge in [-0.3, -0.25) is 9.36 Å². The number of aromatic nitrogens is 3. The number of thioether (sulfide) groups is 1. The van der Waals surface area contributed by atoms with E-state index in [2.05, 4.69) is 15.5 Å². The first-order valence-electron chi connectivity index (χ1n) is 10.4. The van der Waals surface area contributed by atoms with Gasteiger partial charge in [-0.25, -0.2) is 0 Å². The van der Waals surface area contributed by atoms with Gasteiger partial charge in [0.1, 0.15) is 5.25 Å². The summed E-state index contributed by atoms with van der Waals surface area (Å²) in [6.07, 6.45) is 2.10. The number of carbonyl (C=O) groups is 1. The maximum Gasteiger partial charge on any atom is 0.238 e. The van der Waals surface area contributed by atoms with Crippen LogP contribution in [0.1, 0.15) is 23.7 Å². The second-order valence-corrected chi connectivity index (χ2v) is 8.61. The van der Waals surface area contributed by atoms with E-state index in [1.54, 1.807) is 0 Å². The number of nitrogens with zero attached hydrogens (tertiary/aromatic N) is 3. The van der Waals surface area contributed by atoms with E-state index in [0.29, 0.717) is 11.2 Å². The van der Waals surface area contributed by atoms with Crippen molar-refractivity contribution in [3.8, 4) is 17.1 Å². The standard InChI is InChI=1S/C25H22N4OS/c30-24(26-20-16-17-20)22(18-10-4-1-5-11-18)31-25-28-27-23(19-12-6-2-7-13-19)29(25)21-14-8-3-9-15-21/h1-15,20,22H,16-17H2,(H,26,30)/t22-/m0/s1. The molecule has 31 heavy (non-hydrogen) atoms. The summed E-state index contributed by atoms with van der Waals surface area (Å²) in [6, 6.07) is 30.2. The van der Waals surface area contributed by atoms with Gasteiger partial charge in [0, 0.05) is 17.3 Å². The largest absolute Gasteiger partial charge is 0.352 e. The highest BCUT2D eigenvalue weighted by atomic mass is 32.2. The molecule has 3 aromatic carbocycles. The summed E-state index contributed by atoms with van der Waals surface area (Å²) in [7, 11) is 0. The van der Waals surface area contributed by atoms with E-state index in [1.807, 2.05) is 95.6 Å². The topological polar surface area (TPSA) is 59.8 Å². The Labute approximate surface area is 185 Å². The highest BCUT2D eigenvalue weighted by Gasteiger charge is 2.31. The van der Waals surface area contributed by atoms with Crippen LogP contribution < -0.4 is 5.32 Å². The molecule has 5 nitrogen and oxygen atoms in total. The number of carbonyl (C=O) groups excluding carboxylic acids is 1. The van der Waals surface area contributed by atoms with Gasteiger partial charge in [-0.2, -0.15) is 0 Å². The predicted octanol–water partition coefficient (Wildman–Crippen LogP) is 5.05. The first-order valence-corrected chi connectivity index (χ1v) is 11.3. The molecule has 0 saturated heterocycles. The van der Waals surface area contributed by atoms with Crippen LogP contribution in [0.25, 0.3) is 17.1 Å². The molecular weight excluding hydrogens is 404 g/mol. The Balaban J connectivity index is 1.57. The molecule has 6 heteroatoms. The molecule has 154 valence electrons. The molecule has 0 spiro atoms. The zero-order chi connectivity index (χ0) is 21.0. The minimum atomic E-state index is -0.405. The maximum absolute atomic E-state index is 13.1. The number of para-hydroxylation sites is 1. The van der Waals surface area contributed by atoms with Crippen molar-refractivity contribution in [1.29, 1.82) is 0 Å². The Morgan fingerprint density at radius 3 is 2.13 bits per heavy atom. The van der Waals surface area contributed by atoms with Crippen molar-refractivity contribution in [1.82, 2.24) is 20.1 Å². The van der Waals surface area contributed by atoms with Crippen LogP contribution >= 0.6 is 11.8 Å². The van der Waals surface area contributed by atoms with Crippen LogP contribution in [0.4, 0.5) is 0 Å². The summed E-state index contributed by atoms with van der Waals surface area (Å²) in [6.45, 7) is 0. The zero-order valence-electron chi connectivity index (χ0n) is 16.9. The molecule has 1 heterocycles. The van der Waals surface area contributed by atoms with E-state index in [9.17, 15) is 4.79 Å². The predicted molar refractivity (Wildman–Crippen MR) is 123 cm³/mol. The van der Waals surface area contributed by atoms with Gasteiger partial charge in [0.15, 0.2) is 11.0 Å². The molecule has 1 atom stereocenters. The molecule has 0 aliphatic heterocycles. The van der Waals surface area contributed by atoms with Gasteiger partial charge in [-0.15, -0.1) is 10.2 Å². The van der Waals surface area contributed by atoms with Gasteiger partial charge in [0.2, 0.25) is 5.91 Å². The van der Waals surface area contributed by atoms with Crippen molar-refractivity contribution in [2.75, 3.05) is 0 Å². The lowest BCUT2D eigenvalue weighted by Gasteiger charge is -2.17. The van der Waals surface area contributed by atoms with E-state index in [4.69, 9.17) is 0 Å². The van der Waals surface area contributed by atoms with Crippen molar-refractivity contribution < 1.29 is 4.79 Å². The number of hydrogen-bond acceptors (Lipinski definition) is 4. The summed E-state index contributed by atoms with van der Waals surface area (Å²) in [5.41, 5.74) is 2.89. The monoisotopic (exact) mass is 426 g/mol. The molecule has 5 rings (SSSR count). The van der Waals surface area contributed by atoms with Crippen LogP contribution in [0, 0.1) is 0 Å². The normalized spacial score (nSPS) is 14.2. The first kappa shape index (κ1) is 19.6. The van der Waals surface area contributed by atoms with Gasteiger partial charge in [-0.1, -0.05) is 90.6 Å². The third kappa shape index (κ3) is 4.39. The summed E-state index contributed by atoms with van der Waals surface area (Å²) in [5, 5.41) is 12.4. The third-order valence-electron chi connectivity index (χ3n) is 5.17. The molecule has 4 aromatic rings. The van der Waals surface area contributed by atoms with Crippen molar-refractivity contribution in [3.63, 3.8) is 0 Å². The van der Waals surface area contributed by atoms with E-state index in [0.717, 1.165) is 35.5 Å². The zero-order valence-corrected chi connectivity index (χ0v) is 17.7. The van der Waals surface area contributed by atoms with Crippen LogP contribution in [0.5, 0.6) is 0 Å². The van der Waals surface area contributed by atoms with Gasteiger partial charge in [0.25, 0.3) is 0 Å². The highest BCUT2D eigenvalue weighted by Crippen LogP contribution is 2.38. The summed E-state index contributed by atoms with van der Waals surface area (Å²) < 4.78 is 2.03. The van der Waals surface area contributed by atoms with Gasteiger partial charge in [-0.05, 0) is 30.5 Å². The van der Waals surface area contributed by atoms with E-state index in [-0.39, 0.29) is 5.91 Å². The second-order valence-electron chi connectivity index (χ2n) is 7.53. The van der Waals surface area contributed by atoms with E-state index >= 15 is 0 Å². The lowest BCUT2D eigenvalue weighted by Crippen LogP contribution is -2.29. The molecular formula is C25H22N4OS. The lowest BCUT2D eigenvalue weighted by molar-refractivity contribution is -0.120. The molecule has 0 unspecified atom stereocenters. The molecule has 1 aromatic heterocycles. The fraction of sp³-hybridized carbons (Fsp3) is 0.160. The molecule has 1 amide bonds. The Morgan fingerprint density at radius 2 is 1.48 bits per heavy atom. The fourth-order valence-corrected chi connectivity index (χ4v) is 4.51. The van der Waals surface area contributed by atoms with Crippen LogP contribution in [-0.2, 0) is 4.79 Å². The van der Waals surface area contributed by atoms with Crippen LogP contribution in [0.2, 0.25) is 0 Å². The van der Waals surface area contributed by atoms with Gasteiger partial charge >= 0.3 is 0 Å². The van der Waals surface area contributed by atoms with Crippen molar-refractivity contribution in [2.45, 2.75) is 29.3 Å². The Hall–Kier alpha value is -3.38. The van der Waals surface area contributed by atoms with E-state index < -0.39 is 5.25 Å². The number of rotatable bonds is 7. The maximum atomic E-state index is 13.1. The summed E-state index contributed by atoms with van der Waals surface area (Å²) >= 11 is 1.43. The van der Waals surface area contributed by atoms with Crippen molar-refractivity contribution in [3.05, 3.63) is 96.6 Å². The molecule has 0 radical (unpaired) electrons. The summed E-state index contributed by atoms with van der Waals surface area (Å²) in [5.74, 6) is 0.770. The molecule has 1 aliphatic rings. The molecule has 1 N–H and O–H groups in total. The first-order chi connectivity index (χ1) is 15.3. The fourth-order valence-electron chi connectivity index (χ4n) is 3.44. The van der Waals surface area contributed by atoms with Gasteiger partial charge in [0.05, 0.1) is 0 Å². The smallest absolute Gasteiger partial charge is 0.238 e. The number of hydrogen-bond donors (Lipinski definition) is 1. The average molecular weight is 427 g/mol. The molecule has 1 saturated carbocycles. The van der Waals surface area contributed by atoms with Gasteiger partial charge < -0.3 is 5.32 Å². The lowest BCUT2D eigenvalue weighted by atomic mass is 10.1. The number of nitrogens with one attached hydrogen (secondary N) is 1. The number of benzene rings is 3. The Morgan fingerprint density at radius 1 is 0.871 bits per heavy atom. The average Bonchev–Trinajstić information content (AvgIpc) is 3.54. The summed E-state index contributed by atoms with van der Waals surface area (Å²) in [4.78, 5) is 13.1. The van der Waals surface area contributed by atoms with Crippen LogP contribution in [-0.4, -0.2) is 26.7 Å².